The second-order valence-electron chi connectivity index (χ2n) is 2.31. The van der Waals surface area contributed by atoms with E-state index in [9.17, 15) is 0 Å². The maximum absolute atomic E-state index is 5.89. The third-order valence-electron chi connectivity index (χ3n) is 1.41. The van der Waals surface area contributed by atoms with E-state index in [1.807, 2.05) is 11.5 Å². The molecule has 0 unspecified atom stereocenters. The van der Waals surface area contributed by atoms with Crippen LogP contribution in [0.25, 0.3) is 0 Å². The first-order chi connectivity index (χ1) is 4.75. The summed E-state index contributed by atoms with van der Waals surface area (Å²) < 4.78 is 1.96. The molecule has 3 heteroatoms. The van der Waals surface area contributed by atoms with Gasteiger partial charge in [0.25, 0.3) is 0 Å². The van der Waals surface area contributed by atoms with E-state index in [0.29, 0.717) is 0 Å². The normalized spacial score (nSPS) is 10.3. The van der Waals surface area contributed by atoms with Crippen LogP contribution in [0.1, 0.15) is 19.0 Å². The quantitative estimate of drug-likeness (QED) is 0.646. The van der Waals surface area contributed by atoms with Crippen LogP contribution in [-0.2, 0) is 6.54 Å². The number of halogens is 1. The van der Waals surface area contributed by atoms with Crippen LogP contribution in [0.15, 0.2) is 6.33 Å². The predicted octanol–water partition coefficient (Wildman–Crippen LogP) is 2.25. The van der Waals surface area contributed by atoms with Gasteiger partial charge in [-0.1, -0.05) is 18.5 Å². The van der Waals surface area contributed by atoms with Crippen molar-refractivity contribution in [2.75, 3.05) is 0 Å². The number of aryl methyl sites for hydroxylation is 2. The average molecular weight is 159 g/mol. The van der Waals surface area contributed by atoms with Crippen LogP contribution < -0.4 is 0 Å². The SMILES string of the molecule is CCCn1cnc(C)c1Cl. The maximum Gasteiger partial charge on any atom is 0.131 e. The van der Waals surface area contributed by atoms with Crippen molar-refractivity contribution in [2.45, 2.75) is 26.8 Å². The maximum atomic E-state index is 5.89. The number of rotatable bonds is 2. The van der Waals surface area contributed by atoms with Crippen molar-refractivity contribution in [3.05, 3.63) is 17.2 Å². The van der Waals surface area contributed by atoms with Crippen molar-refractivity contribution in [3.63, 3.8) is 0 Å². The van der Waals surface area contributed by atoms with Gasteiger partial charge >= 0.3 is 0 Å². The highest BCUT2D eigenvalue weighted by atomic mass is 35.5. The Balaban J connectivity index is 2.83. The smallest absolute Gasteiger partial charge is 0.131 e. The van der Waals surface area contributed by atoms with E-state index in [1.165, 1.54) is 0 Å². The monoisotopic (exact) mass is 158 g/mol. The first kappa shape index (κ1) is 7.61. The lowest BCUT2D eigenvalue weighted by Gasteiger charge is -1.98. The largest absolute Gasteiger partial charge is 0.322 e. The molecule has 0 aromatic carbocycles. The molecule has 0 radical (unpaired) electrons. The molecule has 0 spiro atoms. The molecule has 2 nitrogen and oxygen atoms in total. The molecule has 0 bridgehead atoms. The molecule has 0 fully saturated rings. The van der Waals surface area contributed by atoms with Gasteiger partial charge in [-0.15, -0.1) is 0 Å². The van der Waals surface area contributed by atoms with Gasteiger partial charge in [0.2, 0.25) is 0 Å². The summed E-state index contributed by atoms with van der Waals surface area (Å²) in [4.78, 5) is 4.07. The second kappa shape index (κ2) is 3.06. The van der Waals surface area contributed by atoms with Gasteiger partial charge in [-0.05, 0) is 13.3 Å². The summed E-state index contributed by atoms with van der Waals surface area (Å²) in [6.45, 7) is 4.99. The summed E-state index contributed by atoms with van der Waals surface area (Å²) in [6, 6.07) is 0. The van der Waals surface area contributed by atoms with E-state index >= 15 is 0 Å². The number of hydrogen-bond donors (Lipinski definition) is 0. The van der Waals surface area contributed by atoms with Crippen LogP contribution in [-0.4, -0.2) is 9.55 Å². The van der Waals surface area contributed by atoms with Crippen molar-refractivity contribution in [1.82, 2.24) is 9.55 Å². The zero-order chi connectivity index (χ0) is 7.56. The lowest BCUT2D eigenvalue weighted by atomic mass is 10.5. The molecule has 0 aliphatic carbocycles. The van der Waals surface area contributed by atoms with Gasteiger partial charge in [0.15, 0.2) is 0 Å². The summed E-state index contributed by atoms with van der Waals surface area (Å²) >= 11 is 5.89. The molecule has 0 atom stereocenters. The van der Waals surface area contributed by atoms with E-state index in [-0.39, 0.29) is 0 Å². The fraction of sp³-hybridized carbons (Fsp3) is 0.571. The Bertz CT molecular complexity index is 217. The fourth-order valence-electron chi connectivity index (χ4n) is 0.865. The number of aromatic nitrogens is 2. The Morgan fingerprint density at radius 3 is 2.80 bits per heavy atom. The molecule has 1 rings (SSSR count). The standard InChI is InChI=1S/C7H11ClN2/c1-3-4-10-5-9-6(2)7(10)8/h5H,3-4H2,1-2H3. The van der Waals surface area contributed by atoms with Gasteiger partial charge in [0.05, 0.1) is 12.0 Å². The molecule has 1 aromatic rings. The minimum Gasteiger partial charge on any atom is -0.322 e. The van der Waals surface area contributed by atoms with Crippen LogP contribution in [0.4, 0.5) is 0 Å². The molecule has 56 valence electrons. The third-order valence-corrected chi connectivity index (χ3v) is 1.90. The summed E-state index contributed by atoms with van der Waals surface area (Å²) in [5, 5.41) is 0.766. The van der Waals surface area contributed by atoms with Gasteiger partial charge < -0.3 is 4.57 Å². The van der Waals surface area contributed by atoms with Crippen LogP contribution in [0.2, 0.25) is 5.15 Å². The fourth-order valence-corrected chi connectivity index (χ4v) is 1.04. The second-order valence-corrected chi connectivity index (χ2v) is 2.67. The summed E-state index contributed by atoms with van der Waals surface area (Å²) in [5.41, 5.74) is 0.912. The van der Waals surface area contributed by atoms with Gasteiger partial charge in [0.1, 0.15) is 5.15 Å². The van der Waals surface area contributed by atoms with Crippen molar-refractivity contribution in [2.24, 2.45) is 0 Å². The Morgan fingerprint density at radius 2 is 2.40 bits per heavy atom. The number of nitrogens with zero attached hydrogens (tertiary/aromatic N) is 2. The highest BCUT2D eigenvalue weighted by Crippen LogP contribution is 2.12. The zero-order valence-corrected chi connectivity index (χ0v) is 7.02. The Kier molecular flexibility index (Phi) is 2.33. The summed E-state index contributed by atoms with van der Waals surface area (Å²) in [5.74, 6) is 0. The summed E-state index contributed by atoms with van der Waals surface area (Å²) in [6.07, 6.45) is 2.87. The molecule has 0 saturated heterocycles. The van der Waals surface area contributed by atoms with Gasteiger partial charge in [0, 0.05) is 6.54 Å². The molecule has 0 aliphatic heterocycles. The number of imidazole rings is 1. The number of hydrogen-bond acceptors (Lipinski definition) is 1. The average Bonchev–Trinajstić information content (AvgIpc) is 2.20. The van der Waals surface area contributed by atoms with Gasteiger partial charge in [-0.25, -0.2) is 4.98 Å². The highest BCUT2D eigenvalue weighted by Gasteiger charge is 2.01. The van der Waals surface area contributed by atoms with Gasteiger partial charge in [-0.3, -0.25) is 0 Å². The van der Waals surface area contributed by atoms with Crippen LogP contribution >= 0.6 is 11.6 Å². The van der Waals surface area contributed by atoms with Crippen LogP contribution in [0.5, 0.6) is 0 Å². The highest BCUT2D eigenvalue weighted by molar-refractivity contribution is 6.30. The molecule has 0 aliphatic rings. The molecule has 10 heavy (non-hydrogen) atoms. The molecule has 1 heterocycles. The first-order valence-corrected chi connectivity index (χ1v) is 3.80. The lowest BCUT2D eigenvalue weighted by molar-refractivity contribution is 0.679. The van der Waals surface area contributed by atoms with Crippen LogP contribution in [0.3, 0.4) is 0 Å². The molecule has 1 aromatic heterocycles. The minimum atomic E-state index is 0.766. The van der Waals surface area contributed by atoms with E-state index in [0.717, 1.165) is 23.8 Å². The topological polar surface area (TPSA) is 17.8 Å². The Morgan fingerprint density at radius 1 is 1.70 bits per heavy atom. The Labute approximate surface area is 65.8 Å². The lowest BCUT2D eigenvalue weighted by Crippen LogP contribution is -1.93. The van der Waals surface area contributed by atoms with E-state index in [2.05, 4.69) is 11.9 Å². The van der Waals surface area contributed by atoms with Crippen molar-refractivity contribution in [1.29, 1.82) is 0 Å². The third kappa shape index (κ3) is 1.32. The van der Waals surface area contributed by atoms with Crippen LogP contribution in [0, 0.1) is 6.92 Å². The minimum absolute atomic E-state index is 0.766. The van der Waals surface area contributed by atoms with E-state index in [1.54, 1.807) is 6.33 Å². The Hall–Kier alpha value is -0.500. The molecular formula is C7H11ClN2. The predicted molar refractivity (Wildman–Crippen MR) is 42.3 cm³/mol. The molecule has 0 amide bonds. The van der Waals surface area contributed by atoms with Crippen molar-refractivity contribution in [3.8, 4) is 0 Å². The molecular weight excluding hydrogens is 148 g/mol. The molecule has 0 saturated carbocycles. The van der Waals surface area contributed by atoms with Crippen molar-refractivity contribution < 1.29 is 0 Å². The van der Waals surface area contributed by atoms with E-state index < -0.39 is 0 Å². The van der Waals surface area contributed by atoms with Crippen molar-refractivity contribution >= 4 is 11.6 Å². The molecule has 0 N–H and O–H groups in total. The van der Waals surface area contributed by atoms with E-state index in [4.69, 9.17) is 11.6 Å². The zero-order valence-electron chi connectivity index (χ0n) is 6.26. The first-order valence-electron chi connectivity index (χ1n) is 3.43. The van der Waals surface area contributed by atoms with Gasteiger partial charge in [-0.2, -0.15) is 0 Å². The summed E-state index contributed by atoms with van der Waals surface area (Å²) in [7, 11) is 0.